The molecule has 5 heteroatoms. The van der Waals surface area contributed by atoms with Crippen molar-refractivity contribution in [2.75, 3.05) is 32.5 Å². The Balaban J connectivity index is 2.40. The van der Waals surface area contributed by atoms with E-state index in [0.29, 0.717) is 5.15 Å². The normalized spacial score (nSPS) is 10.9. The van der Waals surface area contributed by atoms with Gasteiger partial charge in [0.05, 0.1) is 0 Å². The molecule has 0 saturated heterocycles. The number of nitrogens with one attached hydrogen (secondary N) is 1. The van der Waals surface area contributed by atoms with Crippen molar-refractivity contribution >= 4 is 17.4 Å². The number of hydrogen-bond donors (Lipinski definition) is 1. The molecule has 0 aliphatic heterocycles. The maximum absolute atomic E-state index is 5.90. The molecule has 0 aliphatic carbocycles. The number of aromatic nitrogens is 2. The van der Waals surface area contributed by atoms with Gasteiger partial charge in [-0.05, 0) is 58.5 Å². The summed E-state index contributed by atoms with van der Waals surface area (Å²) in [5.74, 6) is 0.844. The average molecular weight is 257 g/mol. The number of halogens is 1. The second-order valence-electron chi connectivity index (χ2n) is 4.53. The van der Waals surface area contributed by atoms with Gasteiger partial charge in [0.1, 0.15) is 0 Å². The first-order chi connectivity index (χ1) is 8.02. The predicted molar refractivity (Wildman–Crippen MR) is 72.8 cm³/mol. The second kappa shape index (κ2) is 6.77. The maximum Gasteiger partial charge on any atom is 0.155 e. The Hall–Kier alpha value is -0.870. The lowest BCUT2D eigenvalue weighted by molar-refractivity contribution is 0.396. The Morgan fingerprint density at radius 1 is 1.12 bits per heavy atom. The molecule has 0 saturated carbocycles. The van der Waals surface area contributed by atoms with Crippen molar-refractivity contribution in [1.82, 2.24) is 15.1 Å². The molecule has 0 aromatic carbocycles. The van der Waals surface area contributed by atoms with Crippen LogP contribution in [0.1, 0.15) is 24.0 Å². The molecule has 0 fully saturated rings. The fraction of sp³-hybridized carbons (Fsp3) is 0.667. The Morgan fingerprint density at radius 2 is 1.82 bits per heavy atom. The molecule has 1 N–H and O–H groups in total. The summed E-state index contributed by atoms with van der Waals surface area (Å²) in [5, 5.41) is 11.8. The Morgan fingerprint density at radius 3 is 2.47 bits per heavy atom. The number of rotatable bonds is 6. The van der Waals surface area contributed by atoms with E-state index in [-0.39, 0.29) is 0 Å². The topological polar surface area (TPSA) is 41.1 Å². The first-order valence-electron chi connectivity index (χ1n) is 5.90. The average Bonchev–Trinajstić information content (AvgIpc) is 2.28. The number of unbranched alkanes of at least 4 members (excludes halogenated alkanes) is 1. The molecule has 0 spiro atoms. The molecule has 1 aromatic rings. The van der Waals surface area contributed by atoms with Crippen molar-refractivity contribution in [2.45, 2.75) is 26.7 Å². The van der Waals surface area contributed by atoms with Gasteiger partial charge in [0.25, 0.3) is 0 Å². The molecular weight excluding hydrogens is 236 g/mol. The molecule has 0 amide bonds. The lowest BCUT2D eigenvalue weighted by atomic mass is 10.2. The molecule has 0 aliphatic rings. The zero-order chi connectivity index (χ0) is 12.8. The van der Waals surface area contributed by atoms with Gasteiger partial charge in [0.2, 0.25) is 0 Å². The monoisotopic (exact) mass is 256 g/mol. The van der Waals surface area contributed by atoms with Crippen molar-refractivity contribution < 1.29 is 0 Å². The number of nitrogens with zero attached hydrogens (tertiary/aromatic N) is 3. The van der Waals surface area contributed by atoms with Crippen molar-refractivity contribution in [2.24, 2.45) is 0 Å². The zero-order valence-electron chi connectivity index (χ0n) is 11.0. The molecule has 17 heavy (non-hydrogen) atoms. The second-order valence-corrected chi connectivity index (χ2v) is 4.88. The smallest absolute Gasteiger partial charge is 0.155 e. The van der Waals surface area contributed by atoms with Crippen LogP contribution >= 0.6 is 11.6 Å². The van der Waals surface area contributed by atoms with Gasteiger partial charge in [-0.1, -0.05) is 11.6 Å². The highest BCUT2D eigenvalue weighted by Gasteiger charge is 2.06. The summed E-state index contributed by atoms with van der Waals surface area (Å²) in [6.07, 6.45) is 2.31. The SMILES string of the molecule is Cc1c(Cl)nnc(NCCCCN(C)C)c1C. The van der Waals surface area contributed by atoms with E-state index < -0.39 is 0 Å². The predicted octanol–water partition coefficient (Wildman–Crippen LogP) is 2.50. The van der Waals surface area contributed by atoms with Gasteiger partial charge in [0, 0.05) is 6.54 Å². The maximum atomic E-state index is 5.90. The van der Waals surface area contributed by atoms with Crippen LogP contribution in [0.2, 0.25) is 5.15 Å². The number of hydrogen-bond acceptors (Lipinski definition) is 4. The summed E-state index contributed by atoms with van der Waals surface area (Å²) in [5.41, 5.74) is 2.08. The summed E-state index contributed by atoms with van der Waals surface area (Å²) in [7, 11) is 4.18. The molecule has 0 bridgehead atoms. The van der Waals surface area contributed by atoms with Crippen LogP contribution in [-0.2, 0) is 0 Å². The Kier molecular flexibility index (Phi) is 5.65. The highest BCUT2D eigenvalue weighted by Crippen LogP contribution is 2.20. The summed E-state index contributed by atoms with van der Waals surface area (Å²) in [6.45, 7) is 6.01. The third-order valence-electron chi connectivity index (χ3n) is 2.79. The van der Waals surface area contributed by atoms with Crippen LogP contribution in [0.3, 0.4) is 0 Å². The molecule has 0 unspecified atom stereocenters. The van der Waals surface area contributed by atoms with Crippen LogP contribution in [0.25, 0.3) is 0 Å². The van der Waals surface area contributed by atoms with E-state index in [2.05, 4.69) is 34.5 Å². The van der Waals surface area contributed by atoms with Gasteiger partial charge in [-0.15, -0.1) is 10.2 Å². The summed E-state index contributed by atoms with van der Waals surface area (Å²) in [4.78, 5) is 2.19. The minimum Gasteiger partial charge on any atom is -0.368 e. The minimum absolute atomic E-state index is 0.487. The molecule has 1 rings (SSSR count). The van der Waals surface area contributed by atoms with Crippen LogP contribution in [0.15, 0.2) is 0 Å². The minimum atomic E-state index is 0.487. The highest BCUT2D eigenvalue weighted by atomic mass is 35.5. The Bertz CT molecular complexity index is 366. The van der Waals surface area contributed by atoms with E-state index in [1.807, 2.05) is 13.8 Å². The van der Waals surface area contributed by atoms with Gasteiger partial charge in [-0.3, -0.25) is 0 Å². The van der Waals surface area contributed by atoms with Crippen molar-refractivity contribution in [3.05, 3.63) is 16.3 Å². The lowest BCUT2D eigenvalue weighted by Gasteiger charge is -2.11. The first-order valence-corrected chi connectivity index (χ1v) is 6.28. The van der Waals surface area contributed by atoms with E-state index in [9.17, 15) is 0 Å². The van der Waals surface area contributed by atoms with Crippen LogP contribution in [0.4, 0.5) is 5.82 Å². The molecule has 0 radical (unpaired) electrons. The summed E-state index contributed by atoms with van der Waals surface area (Å²) in [6, 6.07) is 0. The van der Waals surface area contributed by atoms with Gasteiger partial charge in [0.15, 0.2) is 11.0 Å². The highest BCUT2D eigenvalue weighted by molar-refractivity contribution is 6.30. The van der Waals surface area contributed by atoms with Gasteiger partial charge >= 0.3 is 0 Å². The van der Waals surface area contributed by atoms with E-state index in [1.54, 1.807) is 0 Å². The van der Waals surface area contributed by atoms with E-state index in [0.717, 1.165) is 36.5 Å². The van der Waals surface area contributed by atoms with E-state index in [1.165, 1.54) is 6.42 Å². The van der Waals surface area contributed by atoms with Crippen molar-refractivity contribution in [1.29, 1.82) is 0 Å². The third-order valence-corrected chi connectivity index (χ3v) is 3.15. The first kappa shape index (κ1) is 14.2. The van der Waals surface area contributed by atoms with Gasteiger partial charge in [-0.25, -0.2) is 0 Å². The van der Waals surface area contributed by atoms with E-state index in [4.69, 9.17) is 11.6 Å². The molecule has 4 nitrogen and oxygen atoms in total. The third kappa shape index (κ3) is 4.48. The zero-order valence-corrected chi connectivity index (χ0v) is 11.8. The fourth-order valence-electron chi connectivity index (χ4n) is 1.50. The largest absolute Gasteiger partial charge is 0.368 e. The number of anilines is 1. The molecule has 0 atom stereocenters. The Labute approximate surface area is 108 Å². The standard InChI is InChI=1S/C12H21ClN4/c1-9-10(2)12(16-15-11(9)13)14-7-5-6-8-17(3)4/h5-8H2,1-4H3,(H,14,16). The van der Waals surface area contributed by atoms with Crippen LogP contribution in [0.5, 0.6) is 0 Å². The molecule has 1 aromatic heterocycles. The molecule has 96 valence electrons. The fourth-order valence-corrected chi connectivity index (χ4v) is 1.68. The van der Waals surface area contributed by atoms with Gasteiger partial charge < -0.3 is 10.2 Å². The quantitative estimate of drug-likeness (QED) is 0.794. The van der Waals surface area contributed by atoms with Crippen molar-refractivity contribution in [3.8, 4) is 0 Å². The molecular formula is C12H21ClN4. The van der Waals surface area contributed by atoms with Crippen molar-refractivity contribution in [3.63, 3.8) is 0 Å². The molecule has 1 heterocycles. The summed E-state index contributed by atoms with van der Waals surface area (Å²) < 4.78 is 0. The van der Waals surface area contributed by atoms with Crippen LogP contribution < -0.4 is 5.32 Å². The summed E-state index contributed by atoms with van der Waals surface area (Å²) >= 11 is 5.90. The lowest BCUT2D eigenvalue weighted by Crippen LogP contribution is -2.14. The van der Waals surface area contributed by atoms with E-state index >= 15 is 0 Å². The van der Waals surface area contributed by atoms with Crippen LogP contribution in [0, 0.1) is 13.8 Å². The van der Waals surface area contributed by atoms with Crippen LogP contribution in [-0.4, -0.2) is 42.3 Å². The van der Waals surface area contributed by atoms with Gasteiger partial charge in [-0.2, -0.15) is 0 Å².